The van der Waals surface area contributed by atoms with Gasteiger partial charge in [-0.2, -0.15) is 0 Å². The van der Waals surface area contributed by atoms with E-state index in [0.29, 0.717) is 18.8 Å². The number of carboxylic acid groups (broad SMARTS) is 1. The van der Waals surface area contributed by atoms with E-state index in [-0.39, 0.29) is 0 Å². The van der Waals surface area contributed by atoms with Crippen molar-refractivity contribution in [2.45, 2.75) is 52.1 Å². The zero-order chi connectivity index (χ0) is 22.5. The summed E-state index contributed by atoms with van der Waals surface area (Å²) in [6.45, 7) is 3.95. The maximum Gasteiger partial charge on any atom is 0.352 e. The van der Waals surface area contributed by atoms with E-state index in [2.05, 4.69) is 29.6 Å². The van der Waals surface area contributed by atoms with Crippen molar-refractivity contribution in [3.63, 3.8) is 0 Å². The van der Waals surface area contributed by atoms with Crippen LogP contribution in [0.3, 0.4) is 0 Å². The molecule has 0 unspecified atom stereocenters. The van der Waals surface area contributed by atoms with Crippen LogP contribution in [0, 0.1) is 6.92 Å². The fraction of sp³-hybridized carbons (Fsp3) is 0.370. The second-order valence-corrected chi connectivity index (χ2v) is 8.62. The molecule has 0 radical (unpaired) electrons. The van der Waals surface area contributed by atoms with Crippen LogP contribution in [0.25, 0.3) is 10.9 Å². The van der Waals surface area contributed by atoms with E-state index in [9.17, 15) is 9.90 Å². The van der Waals surface area contributed by atoms with Gasteiger partial charge in [-0.25, -0.2) is 4.79 Å². The van der Waals surface area contributed by atoms with Crippen molar-refractivity contribution in [1.82, 2.24) is 9.88 Å². The van der Waals surface area contributed by atoms with Gasteiger partial charge in [-0.05, 0) is 74.9 Å². The summed E-state index contributed by atoms with van der Waals surface area (Å²) in [6, 6.07) is 14.0. The first-order valence-electron chi connectivity index (χ1n) is 11.4. The first-order chi connectivity index (χ1) is 15.6. The molecule has 1 aliphatic carbocycles. The molecule has 4 rings (SSSR count). The number of fused-ring (bicyclic) bond motifs is 1. The highest BCUT2D eigenvalue weighted by Crippen LogP contribution is 2.29. The summed E-state index contributed by atoms with van der Waals surface area (Å²) >= 11 is 0. The lowest BCUT2D eigenvalue weighted by molar-refractivity contribution is 0.0684. The van der Waals surface area contributed by atoms with E-state index in [1.165, 1.54) is 31.3 Å². The number of aromatic nitrogens is 1. The monoisotopic (exact) mass is 432 g/mol. The van der Waals surface area contributed by atoms with Crippen molar-refractivity contribution in [3.8, 4) is 5.75 Å². The quantitative estimate of drug-likeness (QED) is 0.337. The standard InChI is InChI=1S/C27H32N2O3/c1-19-8-13-23-24(17-28-15-14-20-6-4-3-5-7-20)26(27(30)31)29(25(23)16-19)18-21-9-11-22(32-2)12-10-21/h6,8-13,16,28H,3-5,7,14-15,17-18H2,1-2H3,(H,30,31). The fourth-order valence-corrected chi connectivity index (χ4v) is 4.63. The van der Waals surface area contributed by atoms with Crippen LogP contribution < -0.4 is 10.1 Å². The van der Waals surface area contributed by atoms with Crippen LogP contribution in [0.1, 0.15) is 59.3 Å². The molecule has 0 fully saturated rings. The average Bonchev–Trinajstić information content (AvgIpc) is 3.10. The molecule has 168 valence electrons. The normalized spacial score (nSPS) is 13.9. The molecule has 3 aromatic rings. The van der Waals surface area contributed by atoms with Crippen LogP contribution >= 0.6 is 0 Å². The van der Waals surface area contributed by atoms with Crippen LogP contribution in [-0.4, -0.2) is 29.3 Å². The number of nitrogens with one attached hydrogen (secondary N) is 1. The number of hydrogen-bond acceptors (Lipinski definition) is 3. The van der Waals surface area contributed by atoms with E-state index in [1.807, 2.05) is 35.8 Å². The number of methoxy groups -OCH3 is 1. The molecule has 0 spiro atoms. The molecule has 2 aromatic carbocycles. The number of benzene rings is 2. The minimum Gasteiger partial charge on any atom is -0.497 e. The zero-order valence-corrected chi connectivity index (χ0v) is 19.0. The highest BCUT2D eigenvalue weighted by Gasteiger charge is 2.22. The Hall–Kier alpha value is -3.05. The van der Waals surface area contributed by atoms with Crippen LogP contribution in [0.15, 0.2) is 54.1 Å². The molecule has 0 saturated carbocycles. The summed E-state index contributed by atoms with van der Waals surface area (Å²) in [5, 5.41) is 14.7. The van der Waals surface area contributed by atoms with E-state index < -0.39 is 5.97 Å². The first-order valence-corrected chi connectivity index (χ1v) is 11.4. The Kier molecular flexibility index (Phi) is 6.96. The van der Waals surface area contributed by atoms with Crippen molar-refractivity contribution in [2.75, 3.05) is 13.7 Å². The predicted octanol–water partition coefficient (Wildman–Crippen LogP) is 5.68. The molecule has 1 aliphatic rings. The molecule has 2 N–H and O–H groups in total. The SMILES string of the molecule is COc1ccc(Cn2c(C(=O)O)c(CNCCC3=CCCCC3)c3ccc(C)cc32)cc1. The molecule has 0 bridgehead atoms. The largest absolute Gasteiger partial charge is 0.497 e. The number of hydrogen-bond donors (Lipinski definition) is 2. The third-order valence-electron chi connectivity index (χ3n) is 6.34. The number of rotatable bonds is 9. The molecule has 0 atom stereocenters. The van der Waals surface area contributed by atoms with Crippen molar-refractivity contribution >= 4 is 16.9 Å². The molecule has 1 aromatic heterocycles. The van der Waals surface area contributed by atoms with Crippen LogP contribution in [0.4, 0.5) is 0 Å². The summed E-state index contributed by atoms with van der Waals surface area (Å²) < 4.78 is 7.19. The third kappa shape index (κ3) is 4.89. The number of carbonyl (C=O) groups is 1. The first kappa shape index (κ1) is 22.2. The van der Waals surface area contributed by atoms with Gasteiger partial charge in [-0.1, -0.05) is 35.9 Å². The van der Waals surface area contributed by atoms with Gasteiger partial charge in [0.1, 0.15) is 11.4 Å². The predicted molar refractivity (Wildman–Crippen MR) is 129 cm³/mol. The number of nitrogens with zero attached hydrogens (tertiary/aromatic N) is 1. The smallest absolute Gasteiger partial charge is 0.352 e. The van der Waals surface area contributed by atoms with Crippen molar-refractivity contribution < 1.29 is 14.6 Å². The maximum atomic E-state index is 12.4. The van der Waals surface area contributed by atoms with Gasteiger partial charge < -0.3 is 19.7 Å². The summed E-state index contributed by atoms with van der Waals surface area (Å²) in [5.74, 6) is -0.0995. The molecule has 0 aliphatic heterocycles. The maximum absolute atomic E-state index is 12.4. The zero-order valence-electron chi connectivity index (χ0n) is 19.0. The number of allylic oxidation sites excluding steroid dienone is 1. The number of aryl methyl sites for hydroxylation is 1. The summed E-state index contributed by atoms with van der Waals surface area (Å²) in [4.78, 5) is 12.4. The second-order valence-electron chi connectivity index (χ2n) is 8.62. The molecular formula is C27H32N2O3. The number of ether oxygens (including phenoxy) is 1. The molecular weight excluding hydrogens is 400 g/mol. The van der Waals surface area contributed by atoms with Crippen molar-refractivity contribution in [3.05, 3.63) is 76.5 Å². The topological polar surface area (TPSA) is 63.5 Å². The van der Waals surface area contributed by atoms with Crippen LogP contribution in [-0.2, 0) is 13.1 Å². The van der Waals surface area contributed by atoms with E-state index in [0.717, 1.165) is 46.3 Å². The van der Waals surface area contributed by atoms with Gasteiger partial charge in [-0.15, -0.1) is 0 Å². The van der Waals surface area contributed by atoms with Crippen LogP contribution in [0.2, 0.25) is 0 Å². The Bertz CT molecular complexity index is 1130. The number of carboxylic acids is 1. The second kappa shape index (κ2) is 10.0. The highest BCUT2D eigenvalue weighted by molar-refractivity contribution is 5.98. The number of aromatic carboxylic acids is 1. The van der Waals surface area contributed by atoms with Gasteiger partial charge in [0, 0.05) is 29.6 Å². The van der Waals surface area contributed by atoms with Crippen LogP contribution in [0.5, 0.6) is 5.75 Å². The molecule has 0 saturated heterocycles. The van der Waals surface area contributed by atoms with Gasteiger partial charge in [0.25, 0.3) is 0 Å². The minimum atomic E-state index is -0.890. The molecule has 1 heterocycles. The minimum absolute atomic E-state index is 0.366. The lowest BCUT2D eigenvalue weighted by Crippen LogP contribution is -2.19. The summed E-state index contributed by atoms with van der Waals surface area (Å²) in [6.07, 6.45) is 8.38. The Labute approximate surface area is 189 Å². The molecule has 32 heavy (non-hydrogen) atoms. The van der Waals surface area contributed by atoms with Gasteiger partial charge in [0.15, 0.2) is 0 Å². The van der Waals surface area contributed by atoms with E-state index in [4.69, 9.17) is 4.74 Å². The van der Waals surface area contributed by atoms with Crippen molar-refractivity contribution in [1.29, 1.82) is 0 Å². The van der Waals surface area contributed by atoms with Gasteiger partial charge in [0.2, 0.25) is 0 Å². The van der Waals surface area contributed by atoms with Gasteiger partial charge in [-0.3, -0.25) is 0 Å². The van der Waals surface area contributed by atoms with Gasteiger partial charge >= 0.3 is 5.97 Å². The third-order valence-corrected chi connectivity index (χ3v) is 6.34. The summed E-state index contributed by atoms with van der Waals surface area (Å²) in [7, 11) is 1.64. The lowest BCUT2D eigenvalue weighted by Gasteiger charge is -2.13. The summed E-state index contributed by atoms with van der Waals surface area (Å²) in [5.41, 5.74) is 5.87. The molecule has 5 heteroatoms. The molecule has 5 nitrogen and oxygen atoms in total. The van der Waals surface area contributed by atoms with E-state index in [1.54, 1.807) is 7.11 Å². The Morgan fingerprint density at radius 1 is 1.16 bits per heavy atom. The highest BCUT2D eigenvalue weighted by atomic mass is 16.5. The molecule has 0 amide bonds. The van der Waals surface area contributed by atoms with Gasteiger partial charge in [0.05, 0.1) is 7.11 Å². The van der Waals surface area contributed by atoms with E-state index >= 15 is 0 Å². The Morgan fingerprint density at radius 3 is 2.66 bits per heavy atom. The fourth-order valence-electron chi connectivity index (χ4n) is 4.63. The Morgan fingerprint density at radius 2 is 1.97 bits per heavy atom. The average molecular weight is 433 g/mol. The Balaban J connectivity index is 1.63. The lowest BCUT2D eigenvalue weighted by atomic mass is 9.97. The van der Waals surface area contributed by atoms with Crippen molar-refractivity contribution in [2.24, 2.45) is 0 Å².